The molecule has 0 saturated carbocycles. The number of ether oxygens (including phenoxy) is 1. The van der Waals surface area contributed by atoms with Crippen molar-refractivity contribution in [3.8, 4) is 11.5 Å². The summed E-state index contributed by atoms with van der Waals surface area (Å²) in [5.74, 6) is -0.487. The minimum Gasteiger partial charge on any atom is -0.508 e. The second kappa shape index (κ2) is 6.20. The van der Waals surface area contributed by atoms with Crippen LogP contribution < -0.4 is 9.64 Å². The van der Waals surface area contributed by atoms with E-state index in [4.69, 9.17) is 4.74 Å². The molecular formula is C26H22N2O4. The molecule has 3 aromatic carbocycles. The highest BCUT2D eigenvalue weighted by atomic mass is 16.5. The molecule has 1 fully saturated rings. The Labute approximate surface area is 185 Å². The molecule has 32 heavy (non-hydrogen) atoms. The molecule has 160 valence electrons. The molecule has 3 aliphatic rings. The van der Waals surface area contributed by atoms with E-state index in [-0.39, 0.29) is 23.4 Å². The van der Waals surface area contributed by atoms with Crippen molar-refractivity contribution in [3.05, 3.63) is 89.5 Å². The fourth-order valence-electron chi connectivity index (χ4n) is 6.04. The number of Topliss-reactive ketones (excluding diaryl/α,β-unsaturated/α-hetero) is 1. The largest absolute Gasteiger partial charge is 0.508 e. The number of fused-ring (bicyclic) bond motifs is 4. The van der Waals surface area contributed by atoms with Crippen LogP contribution in [0.25, 0.3) is 0 Å². The van der Waals surface area contributed by atoms with Crippen molar-refractivity contribution in [2.75, 3.05) is 25.5 Å². The first-order chi connectivity index (χ1) is 15.4. The first-order valence-corrected chi connectivity index (χ1v) is 10.6. The van der Waals surface area contributed by atoms with Gasteiger partial charge in [-0.1, -0.05) is 48.5 Å². The molecule has 3 atom stereocenters. The fourth-order valence-corrected chi connectivity index (χ4v) is 6.04. The number of carbonyl (C=O) groups excluding carboxylic acids is 2. The number of aromatic hydroxyl groups is 1. The lowest BCUT2D eigenvalue weighted by Gasteiger charge is -2.42. The number of ketones is 1. The number of likely N-dealkylation sites (N-methyl/N-ethyl adjacent to an activating group) is 2. The first-order valence-electron chi connectivity index (χ1n) is 10.6. The number of phenols is 1. The maximum absolute atomic E-state index is 14.3. The Morgan fingerprint density at radius 3 is 2.47 bits per heavy atom. The number of rotatable bonds is 1. The Kier molecular flexibility index (Phi) is 3.70. The van der Waals surface area contributed by atoms with Gasteiger partial charge in [-0.05, 0) is 30.8 Å². The van der Waals surface area contributed by atoms with Gasteiger partial charge in [0.1, 0.15) is 11.5 Å². The molecule has 6 rings (SSSR count). The van der Waals surface area contributed by atoms with Crippen LogP contribution in [0.1, 0.15) is 27.4 Å². The molecule has 1 N–H and O–H groups in total. The summed E-state index contributed by atoms with van der Waals surface area (Å²) in [6, 6.07) is 21.9. The topological polar surface area (TPSA) is 70.1 Å². The van der Waals surface area contributed by atoms with Gasteiger partial charge in [0.25, 0.3) is 5.91 Å². The molecule has 0 bridgehead atoms. The number of phenolic OH excluding ortho intramolecular Hbond substituents is 1. The van der Waals surface area contributed by atoms with Gasteiger partial charge in [0, 0.05) is 36.8 Å². The maximum Gasteiger partial charge on any atom is 0.256 e. The lowest BCUT2D eigenvalue weighted by molar-refractivity contribution is -0.135. The molecular weight excluding hydrogens is 404 g/mol. The van der Waals surface area contributed by atoms with Crippen molar-refractivity contribution in [2.24, 2.45) is 0 Å². The summed E-state index contributed by atoms with van der Waals surface area (Å²) >= 11 is 0. The Morgan fingerprint density at radius 2 is 1.69 bits per heavy atom. The standard InChI is InChI=1S/C26H22N2O4/c1-27-15-20(16-8-4-3-5-9-16)26(23(30)18-13-12-17(29)14-22(18)32-26)25(27)19-10-6-7-11-21(19)28(2)24(25)31/h3-14,20,29H,15H2,1-2H3/t20-,25+,26-/m0/s1. The number of para-hydroxylation sites is 1. The van der Waals surface area contributed by atoms with Crippen LogP contribution in [0, 0.1) is 0 Å². The van der Waals surface area contributed by atoms with Crippen LogP contribution in [0.2, 0.25) is 0 Å². The van der Waals surface area contributed by atoms with E-state index < -0.39 is 11.1 Å². The Hall–Kier alpha value is -3.64. The summed E-state index contributed by atoms with van der Waals surface area (Å²) in [4.78, 5) is 32.0. The van der Waals surface area contributed by atoms with Crippen LogP contribution >= 0.6 is 0 Å². The molecule has 3 aromatic rings. The van der Waals surface area contributed by atoms with Gasteiger partial charge in [0.15, 0.2) is 5.54 Å². The normalized spacial score (nSPS) is 28.4. The van der Waals surface area contributed by atoms with Crippen LogP contribution in [-0.2, 0) is 10.3 Å². The lowest BCUT2D eigenvalue weighted by atomic mass is 9.67. The molecule has 0 unspecified atom stereocenters. The third-order valence-corrected chi connectivity index (χ3v) is 7.35. The van der Waals surface area contributed by atoms with Gasteiger partial charge >= 0.3 is 0 Å². The van der Waals surface area contributed by atoms with E-state index in [1.807, 2.05) is 66.5 Å². The van der Waals surface area contributed by atoms with E-state index in [1.54, 1.807) is 18.0 Å². The molecule has 1 saturated heterocycles. The van der Waals surface area contributed by atoms with Gasteiger partial charge in [-0.15, -0.1) is 0 Å². The predicted octanol–water partition coefficient (Wildman–Crippen LogP) is 3.31. The number of hydrogen-bond acceptors (Lipinski definition) is 5. The predicted molar refractivity (Wildman–Crippen MR) is 119 cm³/mol. The third kappa shape index (κ3) is 1.99. The minimum atomic E-state index is -1.50. The van der Waals surface area contributed by atoms with Crippen LogP contribution in [0.5, 0.6) is 11.5 Å². The van der Waals surface area contributed by atoms with E-state index in [9.17, 15) is 14.7 Å². The van der Waals surface area contributed by atoms with E-state index >= 15 is 0 Å². The van der Waals surface area contributed by atoms with Crippen molar-refractivity contribution in [2.45, 2.75) is 17.1 Å². The SMILES string of the molecule is CN1C(=O)[C@@]2(c3ccccc31)N(C)C[C@@H](c1ccccc1)[C@@]21Oc2cc(O)ccc2C1=O. The molecule has 6 nitrogen and oxygen atoms in total. The minimum absolute atomic E-state index is 0.0144. The van der Waals surface area contributed by atoms with Crippen LogP contribution in [0.15, 0.2) is 72.8 Å². The zero-order valence-corrected chi connectivity index (χ0v) is 17.8. The zero-order chi connectivity index (χ0) is 22.3. The molecule has 0 radical (unpaired) electrons. The number of amides is 1. The lowest BCUT2D eigenvalue weighted by Crippen LogP contribution is -2.65. The van der Waals surface area contributed by atoms with Crippen LogP contribution in [0.3, 0.4) is 0 Å². The van der Waals surface area contributed by atoms with Gasteiger partial charge in [-0.2, -0.15) is 0 Å². The van der Waals surface area contributed by atoms with Crippen molar-refractivity contribution < 1.29 is 19.4 Å². The molecule has 2 spiro atoms. The van der Waals surface area contributed by atoms with Crippen LogP contribution in [-0.4, -0.2) is 47.9 Å². The second-order valence-electron chi connectivity index (χ2n) is 8.78. The zero-order valence-electron chi connectivity index (χ0n) is 17.8. The van der Waals surface area contributed by atoms with Gasteiger partial charge < -0.3 is 14.7 Å². The van der Waals surface area contributed by atoms with Crippen molar-refractivity contribution in [3.63, 3.8) is 0 Å². The number of benzene rings is 3. The molecule has 3 aliphatic heterocycles. The van der Waals surface area contributed by atoms with E-state index in [0.29, 0.717) is 17.9 Å². The number of carbonyl (C=O) groups is 2. The number of hydrogen-bond donors (Lipinski definition) is 1. The Balaban J connectivity index is 1.70. The van der Waals surface area contributed by atoms with Gasteiger partial charge in [0.05, 0.1) is 5.56 Å². The van der Waals surface area contributed by atoms with Crippen LogP contribution in [0.4, 0.5) is 5.69 Å². The number of nitrogens with zero attached hydrogens (tertiary/aromatic N) is 2. The Morgan fingerprint density at radius 1 is 0.969 bits per heavy atom. The highest BCUT2D eigenvalue weighted by Crippen LogP contribution is 2.63. The highest BCUT2D eigenvalue weighted by molar-refractivity contribution is 6.18. The summed E-state index contributed by atoms with van der Waals surface area (Å²) in [6.07, 6.45) is 0. The number of anilines is 1. The molecule has 1 amide bonds. The molecule has 6 heteroatoms. The average Bonchev–Trinajstić information content (AvgIpc) is 3.33. The van der Waals surface area contributed by atoms with E-state index in [1.165, 1.54) is 12.1 Å². The van der Waals surface area contributed by atoms with Gasteiger partial charge in [-0.3, -0.25) is 14.5 Å². The van der Waals surface area contributed by atoms with Crippen molar-refractivity contribution in [1.82, 2.24) is 4.90 Å². The summed E-state index contributed by atoms with van der Waals surface area (Å²) in [6.45, 7) is 0.462. The van der Waals surface area contributed by atoms with E-state index in [0.717, 1.165) is 16.8 Å². The molecule has 0 aromatic heterocycles. The van der Waals surface area contributed by atoms with Gasteiger partial charge in [0.2, 0.25) is 11.4 Å². The number of likely N-dealkylation sites (tertiary alicyclic amines) is 1. The summed E-state index contributed by atoms with van der Waals surface area (Å²) in [5.41, 5.74) is 0.0213. The van der Waals surface area contributed by atoms with E-state index in [2.05, 4.69) is 0 Å². The highest BCUT2D eigenvalue weighted by Gasteiger charge is 2.78. The maximum atomic E-state index is 14.3. The molecule has 3 heterocycles. The smallest absolute Gasteiger partial charge is 0.256 e. The summed E-state index contributed by atoms with van der Waals surface area (Å²) in [5, 5.41) is 10.1. The summed E-state index contributed by atoms with van der Waals surface area (Å²) < 4.78 is 6.60. The first kappa shape index (κ1) is 19.1. The third-order valence-electron chi connectivity index (χ3n) is 7.35. The Bertz CT molecular complexity index is 1290. The quantitative estimate of drug-likeness (QED) is 0.647. The van der Waals surface area contributed by atoms with Crippen molar-refractivity contribution in [1.29, 1.82) is 0 Å². The molecule has 0 aliphatic carbocycles. The monoisotopic (exact) mass is 426 g/mol. The fraction of sp³-hybridized carbons (Fsp3) is 0.231. The van der Waals surface area contributed by atoms with Gasteiger partial charge in [-0.25, -0.2) is 0 Å². The second-order valence-corrected chi connectivity index (χ2v) is 8.78. The average molecular weight is 426 g/mol. The summed E-state index contributed by atoms with van der Waals surface area (Å²) in [7, 11) is 3.63. The van der Waals surface area contributed by atoms with Crippen molar-refractivity contribution >= 4 is 17.4 Å².